The first-order valence-corrected chi connectivity index (χ1v) is 22.7. The molecule has 0 spiro atoms. The number of alkyl carbamates (subject to hydrolysis) is 1. The molecule has 5 aliphatic carbocycles. The van der Waals surface area contributed by atoms with Gasteiger partial charge in [-0.2, -0.15) is 0 Å². The summed E-state index contributed by atoms with van der Waals surface area (Å²) in [5.41, 5.74) is 6.11. The number of carbonyl (C=O) groups is 4. The molecule has 4 amide bonds. The molecule has 10 nitrogen and oxygen atoms in total. The Kier molecular flexibility index (Phi) is 13.8. The number of hydrogen-bond acceptors (Lipinski definition) is 7. The Morgan fingerprint density at radius 3 is 2.14 bits per heavy atom. The molecule has 0 aromatic carbocycles. The predicted octanol–water partition coefficient (Wildman–Crippen LogP) is 8.35. The van der Waals surface area contributed by atoms with Crippen LogP contribution in [0.1, 0.15) is 171 Å². The fourth-order valence-electron chi connectivity index (χ4n) is 14.1. The van der Waals surface area contributed by atoms with Gasteiger partial charge in [0.05, 0.1) is 17.6 Å². The second kappa shape index (κ2) is 17.3. The highest BCUT2D eigenvalue weighted by Crippen LogP contribution is 2.77. The lowest BCUT2D eigenvalue weighted by Crippen LogP contribution is -2.67. The summed E-state index contributed by atoms with van der Waals surface area (Å²) in [6, 6.07) is -0.725. The molecule has 5 rings (SSSR count). The number of rotatable bonds is 15. The number of imide groups is 1. The van der Waals surface area contributed by atoms with E-state index in [0.717, 1.165) is 70.6 Å². The van der Waals surface area contributed by atoms with Crippen molar-refractivity contribution in [3.8, 4) is 0 Å². The molecular weight excluding hydrogens is 717 g/mol. The van der Waals surface area contributed by atoms with Crippen LogP contribution in [0.15, 0.2) is 12.2 Å². The Bertz CT molecular complexity index is 1510. The Labute approximate surface area is 344 Å². The van der Waals surface area contributed by atoms with Gasteiger partial charge in [0.1, 0.15) is 5.60 Å². The molecule has 11 atom stereocenters. The van der Waals surface area contributed by atoms with Crippen LogP contribution in [0, 0.1) is 56.7 Å². The molecule has 5 fully saturated rings. The van der Waals surface area contributed by atoms with Crippen LogP contribution in [0.2, 0.25) is 0 Å². The minimum Gasteiger partial charge on any atom is -0.444 e. The summed E-state index contributed by atoms with van der Waals surface area (Å²) in [5, 5.41) is 20.0. The van der Waals surface area contributed by atoms with Crippen LogP contribution >= 0.6 is 0 Å². The predicted molar refractivity (Wildman–Crippen MR) is 226 cm³/mol. The van der Waals surface area contributed by atoms with Gasteiger partial charge >= 0.3 is 6.09 Å². The first-order chi connectivity index (χ1) is 26.5. The maximum Gasteiger partial charge on any atom is 0.414 e. The Hall–Kier alpha value is -2.46. The molecule has 6 N–H and O–H groups in total. The Morgan fingerprint density at radius 1 is 0.825 bits per heavy atom. The van der Waals surface area contributed by atoms with Gasteiger partial charge in [-0.25, -0.2) is 4.79 Å². The van der Waals surface area contributed by atoms with E-state index in [4.69, 9.17) is 10.5 Å². The average molecular weight is 797 g/mol. The summed E-state index contributed by atoms with van der Waals surface area (Å²) < 4.78 is 5.20. The standard InChI is InChI=1S/C47H80N4O6/c1-30(2)31-20-25-47(40(55)50-29-15-13-11-12-14-28-49-33(17-19-37(48)53)39(54)51-41(56)57-42(3,4)5)27-26-45(9)32(38(31)47)16-18-35-44(8)23-22-36(52)43(6,7)34(44)21-24-46(35,45)10/h31-36,38,49,52H,1,11-29H2,2-10H3,(H2,48,53)(H,50,55)(H,51,54,56)/t31-,32+,33-,34-,35+,36-,38+,44-,45+,46+,47-/m0/s1. The van der Waals surface area contributed by atoms with Crippen LogP contribution in [-0.4, -0.2) is 59.8 Å². The zero-order valence-electron chi connectivity index (χ0n) is 37.2. The van der Waals surface area contributed by atoms with E-state index in [1.807, 2.05) is 0 Å². The number of aliphatic hydroxyl groups excluding tert-OH is 1. The smallest absolute Gasteiger partial charge is 0.414 e. The van der Waals surface area contributed by atoms with Gasteiger partial charge in [0.2, 0.25) is 17.7 Å². The fourth-order valence-corrected chi connectivity index (χ4v) is 14.1. The van der Waals surface area contributed by atoms with Crippen LogP contribution in [0.4, 0.5) is 4.79 Å². The van der Waals surface area contributed by atoms with Gasteiger partial charge in [0.15, 0.2) is 0 Å². The van der Waals surface area contributed by atoms with Gasteiger partial charge in [-0.3, -0.25) is 19.7 Å². The van der Waals surface area contributed by atoms with Gasteiger partial charge in [0.25, 0.3) is 0 Å². The number of unbranched alkanes of at least 4 members (excludes halogenated alkanes) is 4. The number of carbonyl (C=O) groups excluding carboxylic acids is 4. The highest BCUT2D eigenvalue weighted by atomic mass is 16.6. The van der Waals surface area contributed by atoms with Crippen molar-refractivity contribution in [3.63, 3.8) is 0 Å². The zero-order chi connectivity index (χ0) is 42.2. The van der Waals surface area contributed by atoms with Gasteiger partial charge < -0.3 is 26.2 Å². The number of aliphatic hydroxyl groups is 1. The van der Waals surface area contributed by atoms with Crippen LogP contribution < -0.4 is 21.7 Å². The van der Waals surface area contributed by atoms with Crippen molar-refractivity contribution in [3.05, 3.63) is 12.2 Å². The third-order valence-electron chi connectivity index (χ3n) is 17.1. The van der Waals surface area contributed by atoms with E-state index >= 15 is 0 Å². The van der Waals surface area contributed by atoms with Crippen molar-refractivity contribution in [2.24, 2.45) is 62.4 Å². The molecule has 0 heterocycles. The first kappa shape index (κ1) is 45.6. The van der Waals surface area contributed by atoms with E-state index in [9.17, 15) is 24.3 Å². The lowest BCUT2D eigenvalue weighted by atomic mass is 9.32. The monoisotopic (exact) mass is 797 g/mol. The molecule has 0 saturated heterocycles. The molecular formula is C47H80N4O6. The summed E-state index contributed by atoms with van der Waals surface area (Å²) >= 11 is 0. The number of nitrogens with two attached hydrogens (primary N) is 1. The van der Waals surface area contributed by atoms with Crippen molar-refractivity contribution < 1.29 is 29.0 Å². The highest BCUT2D eigenvalue weighted by molar-refractivity contribution is 5.95. The number of nitrogens with one attached hydrogen (secondary N) is 3. The average Bonchev–Trinajstić information content (AvgIpc) is 3.51. The Balaban J connectivity index is 1.13. The maximum absolute atomic E-state index is 14.5. The SMILES string of the molecule is C=C(C)[C@@H]1CC[C@]2(C(=O)NCCCCCCCN[C@@H](CCC(N)=O)C(=O)NC(=O)OC(C)(C)C)CC[C@]3(C)[C@H](CC[C@@H]4[C@@]5(C)CC[C@H](O)C(C)(C)[C@@H]5CC[C@]43C)[C@@H]12. The number of fused-ring (bicyclic) bond motifs is 7. The molecule has 0 aliphatic heterocycles. The Morgan fingerprint density at radius 2 is 1.49 bits per heavy atom. The normalized spacial score (nSPS) is 37.4. The van der Waals surface area contributed by atoms with E-state index in [2.05, 4.69) is 64.1 Å². The molecule has 5 aliphatic rings. The van der Waals surface area contributed by atoms with E-state index in [1.54, 1.807) is 20.8 Å². The summed E-state index contributed by atoms with van der Waals surface area (Å²) in [7, 11) is 0. The molecule has 0 aromatic heterocycles. The molecule has 5 saturated carbocycles. The summed E-state index contributed by atoms with van der Waals surface area (Å²) in [4.78, 5) is 50.8. The van der Waals surface area contributed by atoms with E-state index in [-0.39, 0.29) is 51.9 Å². The highest BCUT2D eigenvalue weighted by Gasteiger charge is 2.71. The minimum absolute atomic E-state index is 0.0335. The van der Waals surface area contributed by atoms with E-state index < -0.39 is 29.6 Å². The van der Waals surface area contributed by atoms with Gasteiger partial charge in [-0.05, 0) is 169 Å². The van der Waals surface area contributed by atoms with Crippen LogP contribution in [0.5, 0.6) is 0 Å². The van der Waals surface area contributed by atoms with Crippen LogP contribution in [0.25, 0.3) is 0 Å². The molecule has 0 aromatic rings. The van der Waals surface area contributed by atoms with Crippen LogP contribution in [-0.2, 0) is 19.1 Å². The van der Waals surface area contributed by atoms with Crippen molar-refractivity contribution in [2.75, 3.05) is 13.1 Å². The molecule has 0 bridgehead atoms. The second-order valence-electron chi connectivity index (χ2n) is 21.7. The third kappa shape index (κ3) is 8.88. The topological polar surface area (TPSA) is 160 Å². The quantitative estimate of drug-likeness (QED) is 0.0823. The number of allylic oxidation sites excluding steroid dienone is 1. The van der Waals surface area contributed by atoms with Crippen molar-refractivity contribution in [1.82, 2.24) is 16.0 Å². The summed E-state index contributed by atoms with van der Waals surface area (Å²) in [6.45, 7) is 25.7. The molecule has 324 valence electrons. The first-order valence-electron chi connectivity index (χ1n) is 22.7. The summed E-state index contributed by atoms with van der Waals surface area (Å²) in [5.74, 6) is 1.68. The molecule has 0 radical (unpaired) electrons. The summed E-state index contributed by atoms with van der Waals surface area (Å²) in [6.07, 6.45) is 14.9. The maximum atomic E-state index is 14.5. The largest absolute Gasteiger partial charge is 0.444 e. The van der Waals surface area contributed by atoms with Gasteiger partial charge in [-0.15, -0.1) is 0 Å². The number of amides is 4. The molecule has 10 heteroatoms. The van der Waals surface area contributed by atoms with Crippen molar-refractivity contribution in [2.45, 2.75) is 189 Å². The number of ether oxygens (including phenoxy) is 1. The lowest BCUT2D eigenvalue weighted by Gasteiger charge is -2.72. The number of primary amides is 1. The van der Waals surface area contributed by atoms with E-state index in [0.29, 0.717) is 42.7 Å². The van der Waals surface area contributed by atoms with E-state index in [1.165, 1.54) is 31.3 Å². The lowest BCUT2D eigenvalue weighted by molar-refractivity contribution is -0.246. The fraction of sp³-hybridized carbons (Fsp3) is 0.872. The molecule has 57 heavy (non-hydrogen) atoms. The van der Waals surface area contributed by atoms with Gasteiger partial charge in [0, 0.05) is 13.0 Å². The van der Waals surface area contributed by atoms with Crippen molar-refractivity contribution >= 4 is 23.8 Å². The van der Waals surface area contributed by atoms with Crippen LogP contribution in [0.3, 0.4) is 0 Å². The van der Waals surface area contributed by atoms with Gasteiger partial charge in [-0.1, -0.05) is 66.0 Å². The molecule has 0 unspecified atom stereocenters. The second-order valence-corrected chi connectivity index (χ2v) is 21.7. The minimum atomic E-state index is -0.814. The van der Waals surface area contributed by atoms with Crippen molar-refractivity contribution in [1.29, 1.82) is 0 Å². The number of hydrogen-bond donors (Lipinski definition) is 5. The zero-order valence-corrected chi connectivity index (χ0v) is 37.2. The third-order valence-corrected chi connectivity index (χ3v) is 17.1.